The molecule has 1 atom stereocenters. The SMILES string of the molecule is CC(C)n1cncc1C(CN)N1CCCC1(C)C. The number of aromatic nitrogens is 2. The highest BCUT2D eigenvalue weighted by atomic mass is 15.3. The van der Waals surface area contributed by atoms with Crippen LogP contribution >= 0.6 is 0 Å². The van der Waals surface area contributed by atoms with Crippen LogP contribution in [-0.4, -0.2) is 33.1 Å². The predicted molar refractivity (Wildman–Crippen MR) is 74.4 cm³/mol. The molecule has 1 fully saturated rings. The van der Waals surface area contributed by atoms with Crippen LogP contribution in [0.25, 0.3) is 0 Å². The molecule has 4 nitrogen and oxygen atoms in total. The summed E-state index contributed by atoms with van der Waals surface area (Å²) in [6.45, 7) is 10.8. The first-order valence-corrected chi connectivity index (χ1v) is 6.96. The zero-order valence-corrected chi connectivity index (χ0v) is 12.1. The van der Waals surface area contributed by atoms with Gasteiger partial charge in [-0.3, -0.25) is 4.90 Å². The van der Waals surface area contributed by atoms with E-state index in [4.69, 9.17) is 5.73 Å². The van der Waals surface area contributed by atoms with Gasteiger partial charge in [0.15, 0.2) is 0 Å². The van der Waals surface area contributed by atoms with Gasteiger partial charge in [0.1, 0.15) is 0 Å². The second kappa shape index (κ2) is 5.02. The third-order valence-corrected chi connectivity index (χ3v) is 4.16. The summed E-state index contributed by atoms with van der Waals surface area (Å²) in [6.07, 6.45) is 6.41. The van der Waals surface area contributed by atoms with E-state index in [9.17, 15) is 0 Å². The molecule has 2 rings (SSSR count). The number of hydrogen-bond donors (Lipinski definition) is 1. The van der Waals surface area contributed by atoms with Crippen molar-refractivity contribution < 1.29 is 0 Å². The summed E-state index contributed by atoms with van der Waals surface area (Å²) in [5, 5.41) is 0. The predicted octanol–water partition coefficient (Wildman–Crippen LogP) is 2.34. The standard InChI is InChI=1S/C14H26N4/c1-11(2)17-10-16-9-13(17)12(8-15)18-7-5-6-14(18,3)4/h9-12H,5-8,15H2,1-4H3. The molecule has 102 valence electrons. The second-order valence-corrected chi connectivity index (χ2v) is 6.18. The molecule has 1 aromatic heterocycles. The highest BCUT2D eigenvalue weighted by molar-refractivity contribution is 5.10. The number of imidazole rings is 1. The molecule has 0 aromatic carbocycles. The first-order valence-electron chi connectivity index (χ1n) is 6.96. The van der Waals surface area contributed by atoms with Crippen molar-refractivity contribution in [2.45, 2.75) is 58.2 Å². The van der Waals surface area contributed by atoms with Crippen molar-refractivity contribution in [2.24, 2.45) is 5.73 Å². The molecule has 1 unspecified atom stereocenters. The maximum atomic E-state index is 6.05. The molecule has 0 bridgehead atoms. The van der Waals surface area contributed by atoms with Gasteiger partial charge in [0.25, 0.3) is 0 Å². The van der Waals surface area contributed by atoms with Crippen LogP contribution < -0.4 is 5.73 Å². The Kier molecular flexibility index (Phi) is 3.78. The van der Waals surface area contributed by atoms with E-state index in [0.717, 1.165) is 6.54 Å². The molecule has 18 heavy (non-hydrogen) atoms. The van der Waals surface area contributed by atoms with Crippen molar-refractivity contribution in [3.05, 3.63) is 18.2 Å². The minimum absolute atomic E-state index is 0.246. The molecule has 0 aliphatic carbocycles. The molecule has 1 aromatic rings. The van der Waals surface area contributed by atoms with Gasteiger partial charge in [-0.25, -0.2) is 4.98 Å². The summed E-state index contributed by atoms with van der Waals surface area (Å²) in [6, 6.07) is 0.717. The van der Waals surface area contributed by atoms with Gasteiger partial charge in [0, 0.05) is 24.3 Å². The van der Waals surface area contributed by atoms with Gasteiger partial charge in [-0.1, -0.05) is 0 Å². The molecular weight excluding hydrogens is 224 g/mol. The Bertz CT molecular complexity index is 394. The van der Waals surface area contributed by atoms with Gasteiger partial charge in [-0.2, -0.15) is 0 Å². The minimum atomic E-state index is 0.246. The fourth-order valence-electron chi connectivity index (χ4n) is 3.12. The Balaban J connectivity index is 2.31. The summed E-state index contributed by atoms with van der Waals surface area (Å²) >= 11 is 0. The lowest BCUT2D eigenvalue weighted by molar-refractivity contribution is 0.113. The third-order valence-electron chi connectivity index (χ3n) is 4.16. The van der Waals surface area contributed by atoms with E-state index in [0.29, 0.717) is 12.6 Å². The molecule has 1 aliphatic rings. The Hall–Kier alpha value is -0.870. The molecule has 0 amide bonds. The second-order valence-electron chi connectivity index (χ2n) is 6.18. The van der Waals surface area contributed by atoms with E-state index in [1.54, 1.807) is 0 Å². The van der Waals surface area contributed by atoms with Crippen molar-refractivity contribution in [1.82, 2.24) is 14.5 Å². The normalized spacial score (nSPS) is 21.7. The summed E-state index contributed by atoms with van der Waals surface area (Å²) in [5.41, 5.74) is 7.55. The highest BCUT2D eigenvalue weighted by Gasteiger charge is 2.37. The lowest BCUT2D eigenvalue weighted by Gasteiger charge is -2.38. The smallest absolute Gasteiger partial charge is 0.0951 e. The quantitative estimate of drug-likeness (QED) is 0.892. The largest absolute Gasteiger partial charge is 0.331 e. The molecule has 0 radical (unpaired) electrons. The first kappa shape index (κ1) is 13.6. The lowest BCUT2D eigenvalue weighted by atomic mass is 9.99. The van der Waals surface area contributed by atoms with E-state index in [-0.39, 0.29) is 11.6 Å². The maximum Gasteiger partial charge on any atom is 0.0951 e. The van der Waals surface area contributed by atoms with Gasteiger partial charge >= 0.3 is 0 Å². The Morgan fingerprint density at radius 2 is 2.17 bits per heavy atom. The molecule has 2 heterocycles. The van der Waals surface area contributed by atoms with E-state index >= 15 is 0 Å². The van der Waals surface area contributed by atoms with E-state index in [2.05, 4.69) is 42.1 Å². The fraction of sp³-hybridized carbons (Fsp3) is 0.786. The molecule has 2 N–H and O–H groups in total. The number of hydrogen-bond acceptors (Lipinski definition) is 3. The van der Waals surface area contributed by atoms with Crippen molar-refractivity contribution in [2.75, 3.05) is 13.1 Å². The van der Waals surface area contributed by atoms with Crippen molar-refractivity contribution >= 4 is 0 Å². The van der Waals surface area contributed by atoms with Crippen molar-refractivity contribution in [1.29, 1.82) is 0 Å². The van der Waals surface area contributed by atoms with Crippen LogP contribution in [0.4, 0.5) is 0 Å². The van der Waals surface area contributed by atoms with Gasteiger partial charge in [0.05, 0.1) is 18.1 Å². The molecular formula is C14H26N4. The van der Waals surface area contributed by atoms with Crippen LogP contribution in [0.2, 0.25) is 0 Å². The van der Waals surface area contributed by atoms with Crippen LogP contribution in [0, 0.1) is 0 Å². The van der Waals surface area contributed by atoms with Crippen LogP contribution in [0.5, 0.6) is 0 Å². The monoisotopic (exact) mass is 250 g/mol. The third kappa shape index (κ3) is 2.31. The topological polar surface area (TPSA) is 47.1 Å². The van der Waals surface area contributed by atoms with Crippen LogP contribution in [0.3, 0.4) is 0 Å². The highest BCUT2D eigenvalue weighted by Crippen LogP contribution is 2.36. The number of likely N-dealkylation sites (tertiary alicyclic amines) is 1. The fourth-order valence-corrected chi connectivity index (χ4v) is 3.12. The maximum absolute atomic E-state index is 6.05. The number of nitrogens with two attached hydrogens (primary N) is 1. The van der Waals surface area contributed by atoms with E-state index < -0.39 is 0 Å². The van der Waals surface area contributed by atoms with Gasteiger partial charge < -0.3 is 10.3 Å². The van der Waals surface area contributed by atoms with E-state index in [1.807, 2.05) is 12.5 Å². The Labute approximate surface area is 110 Å². The van der Waals surface area contributed by atoms with Crippen molar-refractivity contribution in [3.63, 3.8) is 0 Å². The average Bonchev–Trinajstić information content (AvgIpc) is 2.88. The van der Waals surface area contributed by atoms with Crippen molar-refractivity contribution in [3.8, 4) is 0 Å². The molecule has 1 aliphatic heterocycles. The zero-order valence-electron chi connectivity index (χ0n) is 12.1. The van der Waals surface area contributed by atoms with Crippen LogP contribution in [0.1, 0.15) is 58.3 Å². The summed E-state index contributed by atoms with van der Waals surface area (Å²) in [7, 11) is 0. The van der Waals surface area contributed by atoms with Gasteiger partial charge in [-0.15, -0.1) is 0 Å². The number of rotatable bonds is 4. The van der Waals surface area contributed by atoms with Gasteiger partial charge in [-0.05, 0) is 47.1 Å². The summed E-state index contributed by atoms with van der Waals surface area (Å²) in [5.74, 6) is 0. The zero-order chi connectivity index (χ0) is 13.3. The van der Waals surface area contributed by atoms with Crippen LogP contribution in [-0.2, 0) is 0 Å². The summed E-state index contributed by atoms with van der Waals surface area (Å²) in [4.78, 5) is 6.86. The lowest BCUT2D eigenvalue weighted by Crippen LogP contribution is -2.44. The minimum Gasteiger partial charge on any atom is -0.331 e. The summed E-state index contributed by atoms with van der Waals surface area (Å²) < 4.78 is 2.24. The van der Waals surface area contributed by atoms with Crippen LogP contribution in [0.15, 0.2) is 12.5 Å². The first-order chi connectivity index (χ1) is 8.47. The molecule has 0 saturated carbocycles. The Morgan fingerprint density at radius 3 is 2.67 bits per heavy atom. The molecule has 4 heteroatoms. The molecule has 1 saturated heterocycles. The Morgan fingerprint density at radius 1 is 1.44 bits per heavy atom. The number of nitrogens with zero attached hydrogens (tertiary/aromatic N) is 3. The average molecular weight is 250 g/mol. The van der Waals surface area contributed by atoms with E-state index in [1.165, 1.54) is 18.5 Å². The van der Waals surface area contributed by atoms with Gasteiger partial charge in [0.2, 0.25) is 0 Å². The molecule has 0 spiro atoms.